The van der Waals surface area contributed by atoms with E-state index in [1.165, 1.54) is 110 Å². The maximum absolute atomic E-state index is 5.68. The molecule has 0 radical (unpaired) electrons. The second kappa shape index (κ2) is 20.1. The first-order valence-electron chi connectivity index (χ1n) is 20.9. The molecule has 0 saturated heterocycles. The van der Waals surface area contributed by atoms with Crippen molar-refractivity contribution < 1.29 is 16.5 Å². The quantitative estimate of drug-likeness (QED) is 0.0689. The molecular formula is C46H65IN4Ni. The smallest absolute Gasteiger partial charge is 0.660 e. The van der Waals surface area contributed by atoms with Crippen LogP contribution in [0, 0.1) is 0 Å². The number of nitrogens with zero attached hydrogens (tertiary/aromatic N) is 4. The molecule has 0 aromatic carbocycles. The van der Waals surface area contributed by atoms with E-state index in [1.54, 1.807) is 0 Å². The Bertz CT molecular complexity index is 1740. The molecule has 0 N–H and O–H groups in total. The van der Waals surface area contributed by atoms with Crippen molar-refractivity contribution in [3.63, 3.8) is 0 Å². The summed E-state index contributed by atoms with van der Waals surface area (Å²) in [6.07, 6.45) is 22.2. The zero-order valence-corrected chi connectivity index (χ0v) is 37.0. The molecule has 5 heterocycles. The van der Waals surface area contributed by atoms with Crippen LogP contribution in [-0.4, -0.2) is 15.9 Å². The van der Waals surface area contributed by atoms with Gasteiger partial charge in [-0.2, -0.15) is 0 Å². The Balaban J connectivity index is 0.00000605. The van der Waals surface area contributed by atoms with Crippen molar-refractivity contribution in [1.29, 1.82) is 0 Å². The normalized spacial score (nSPS) is 20.5. The van der Waals surface area contributed by atoms with Crippen molar-refractivity contribution in [1.82, 2.24) is 9.97 Å². The third kappa shape index (κ3) is 8.34. The van der Waals surface area contributed by atoms with E-state index >= 15 is 0 Å². The van der Waals surface area contributed by atoms with Gasteiger partial charge >= 0.3 is 16.5 Å². The SMILES string of the molecule is CCCCCCC1C2=N/C(=C\c3[n-]c(c(CC)c3CC)C(CCCCI)C3=N/C(=C\c4[n-]c1c(CC)c4CC)C(CC)=C3CC)C(CC)=C2CC.[Ni+2]. The molecule has 4 nitrogen and oxygen atoms in total. The molecule has 0 amide bonds. The summed E-state index contributed by atoms with van der Waals surface area (Å²) < 4.78 is 1.18. The molecule has 3 aliphatic rings. The van der Waals surface area contributed by atoms with Crippen LogP contribution in [0.2, 0.25) is 0 Å². The summed E-state index contributed by atoms with van der Waals surface area (Å²) >= 11 is 2.53. The van der Waals surface area contributed by atoms with E-state index < -0.39 is 0 Å². The van der Waals surface area contributed by atoms with Gasteiger partial charge in [0.15, 0.2) is 0 Å². The first kappa shape index (κ1) is 42.8. The summed E-state index contributed by atoms with van der Waals surface area (Å²) in [5.74, 6) is 0.389. The second-order valence-corrected chi connectivity index (χ2v) is 15.7. The number of aliphatic imine (C=N–C) groups is 2. The van der Waals surface area contributed by atoms with Crippen LogP contribution in [-0.2, 0) is 42.2 Å². The van der Waals surface area contributed by atoms with Crippen LogP contribution in [0.3, 0.4) is 0 Å². The number of unbranched alkanes of at least 4 members (excludes halogenated alkanes) is 4. The molecule has 286 valence electrons. The van der Waals surface area contributed by atoms with E-state index in [9.17, 15) is 0 Å². The van der Waals surface area contributed by atoms with Gasteiger partial charge in [-0.05, 0) is 97.3 Å². The predicted octanol–water partition coefficient (Wildman–Crippen LogP) is 13.1. The standard InChI is InChI=1S/C46H65IN4.Ni/c1-10-19-20-21-24-37-43-33(15-6)29(11-2)39(48-43)27-41-31(13-4)35(17-8)45(50-41)38(25-22-23-26-47)46-36(18-9)32(14-5)42(51-46)28-40-30(12-3)34(16-7)44(37)49-40;/h27-28,37-38H,10-26H2,1-9H3;/q-2;+2/b39-27-,42-28-;. The average molecular weight is 860 g/mol. The molecule has 5 rings (SSSR count). The van der Waals surface area contributed by atoms with Gasteiger partial charge in [-0.3, -0.25) is 9.98 Å². The second-order valence-electron chi connectivity index (χ2n) is 14.6. The van der Waals surface area contributed by atoms with Gasteiger partial charge in [0.1, 0.15) is 0 Å². The fourth-order valence-electron chi connectivity index (χ4n) is 9.37. The Morgan fingerprint density at radius 1 is 0.500 bits per heavy atom. The number of hydrogen-bond acceptors (Lipinski definition) is 2. The van der Waals surface area contributed by atoms with Crippen LogP contribution in [0.5, 0.6) is 0 Å². The van der Waals surface area contributed by atoms with Crippen molar-refractivity contribution in [2.24, 2.45) is 9.98 Å². The molecule has 0 spiro atoms. The van der Waals surface area contributed by atoms with Gasteiger partial charge in [0.2, 0.25) is 0 Å². The Kier molecular flexibility index (Phi) is 16.6. The summed E-state index contributed by atoms with van der Waals surface area (Å²) in [6.45, 7) is 20.9. The van der Waals surface area contributed by atoms with E-state index in [0.29, 0.717) is 0 Å². The number of fused-ring (bicyclic) bond motifs is 6. The molecule has 2 unspecified atom stereocenters. The molecule has 2 aromatic rings. The van der Waals surface area contributed by atoms with Crippen LogP contribution in [0.4, 0.5) is 0 Å². The van der Waals surface area contributed by atoms with E-state index in [0.717, 1.165) is 87.0 Å². The molecule has 8 bridgehead atoms. The molecule has 0 saturated carbocycles. The minimum Gasteiger partial charge on any atom is -0.660 e. The third-order valence-corrected chi connectivity index (χ3v) is 12.6. The zero-order valence-electron chi connectivity index (χ0n) is 33.8. The summed E-state index contributed by atoms with van der Waals surface area (Å²) in [6, 6.07) is 0. The Hall–Kier alpha value is -1.92. The van der Waals surface area contributed by atoms with E-state index in [-0.39, 0.29) is 28.3 Å². The van der Waals surface area contributed by atoms with E-state index in [4.69, 9.17) is 20.0 Å². The van der Waals surface area contributed by atoms with Crippen molar-refractivity contribution in [2.45, 2.75) is 177 Å². The van der Waals surface area contributed by atoms with Crippen molar-refractivity contribution in [3.8, 4) is 0 Å². The van der Waals surface area contributed by atoms with Gasteiger partial charge in [0, 0.05) is 11.8 Å². The number of aromatic nitrogens is 2. The maximum atomic E-state index is 5.68. The Labute approximate surface area is 340 Å². The molecule has 2 aromatic heterocycles. The minimum absolute atomic E-state index is 0. The molecular weight excluding hydrogens is 794 g/mol. The molecule has 52 heavy (non-hydrogen) atoms. The first-order chi connectivity index (χ1) is 24.9. The van der Waals surface area contributed by atoms with Crippen LogP contribution < -0.4 is 9.97 Å². The summed E-state index contributed by atoms with van der Waals surface area (Å²) in [5, 5.41) is 0. The van der Waals surface area contributed by atoms with E-state index in [1.807, 2.05) is 0 Å². The van der Waals surface area contributed by atoms with Gasteiger partial charge in [-0.15, -0.1) is 22.8 Å². The fourth-order valence-corrected chi connectivity index (χ4v) is 9.90. The van der Waals surface area contributed by atoms with Crippen molar-refractivity contribution >= 4 is 46.2 Å². The van der Waals surface area contributed by atoms with Gasteiger partial charge in [-0.25, -0.2) is 0 Å². The van der Waals surface area contributed by atoms with Gasteiger partial charge in [0.05, 0.1) is 22.8 Å². The number of rotatable bonds is 17. The molecule has 6 heteroatoms. The van der Waals surface area contributed by atoms with Crippen LogP contribution in [0.15, 0.2) is 43.7 Å². The number of allylic oxidation sites excluding steroid dienone is 4. The fraction of sp³-hybridized carbons (Fsp3) is 0.609. The van der Waals surface area contributed by atoms with Crippen LogP contribution >= 0.6 is 22.6 Å². The van der Waals surface area contributed by atoms with E-state index in [2.05, 4.69) is 97.1 Å². The number of alkyl halides is 1. The topological polar surface area (TPSA) is 52.9 Å². The zero-order chi connectivity index (χ0) is 36.7. The van der Waals surface area contributed by atoms with Gasteiger partial charge in [-0.1, -0.05) is 151 Å². The molecule has 0 aliphatic carbocycles. The van der Waals surface area contributed by atoms with Crippen LogP contribution in [0.25, 0.3) is 12.2 Å². The predicted molar refractivity (Wildman–Crippen MR) is 230 cm³/mol. The van der Waals surface area contributed by atoms with Crippen LogP contribution in [0.1, 0.15) is 196 Å². The third-order valence-electron chi connectivity index (χ3n) is 11.8. The Morgan fingerprint density at radius 3 is 1.25 bits per heavy atom. The monoisotopic (exact) mass is 858 g/mol. The molecule has 3 aliphatic heterocycles. The minimum atomic E-state index is 0. The summed E-state index contributed by atoms with van der Waals surface area (Å²) in [4.78, 5) is 22.7. The maximum Gasteiger partial charge on any atom is 2.00 e. The largest absolute Gasteiger partial charge is 2.00 e. The number of halogens is 1. The van der Waals surface area contributed by atoms with Crippen molar-refractivity contribution in [3.05, 3.63) is 78.7 Å². The van der Waals surface area contributed by atoms with Gasteiger partial charge in [0.25, 0.3) is 0 Å². The number of hydrogen-bond donors (Lipinski definition) is 0. The first-order valence-corrected chi connectivity index (χ1v) is 22.4. The summed E-state index contributed by atoms with van der Waals surface area (Å²) in [5.41, 5.74) is 21.1. The molecule has 2 atom stereocenters. The summed E-state index contributed by atoms with van der Waals surface area (Å²) in [7, 11) is 0. The van der Waals surface area contributed by atoms with Gasteiger partial charge < -0.3 is 9.97 Å². The van der Waals surface area contributed by atoms with Crippen molar-refractivity contribution in [2.75, 3.05) is 4.43 Å². The average Bonchev–Trinajstić information content (AvgIpc) is 3.89. The molecule has 0 fully saturated rings. The Morgan fingerprint density at radius 2 is 0.904 bits per heavy atom.